The lowest BCUT2D eigenvalue weighted by Gasteiger charge is -2.42. The number of nitrogens with zero attached hydrogens (tertiary/aromatic N) is 4. The number of aromatic nitrogens is 3. The van der Waals surface area contributed by atoms with Gasteiger partial charge in [-0.05, 0) is 56.7 Å². The lowest BCUT2D eigenvalue weighted by Crippen LogP contribution is -2.42. The van der Waals surface area contributed by atoms with Crippen molar-refractivity contribution >= 4 is 0 Å². The van der Waals surface area contributed by atoms with Gasteiger partial charge in [-0.1, -0.05) is 6.07 Å². The van der Waals surface area contributed by atoms with Gasteiger partial charge in [-0.2, -0.15) is 0 Å². The average molecular weight is 370 g/mol. The number of hydrogen-bond acceptors (Lipinski definition) is 5. The molecule has 4 rings (SSSR count). The van der Waals surface area contributed by atoms with Gasteiger partial charge in [0, 0.05) is 31.2 Å². The van der Waals surface area contributed by atoms with Gasteiger partial charge in [0.2, 0.25) is 5.88 Å². The lowest BCUT2D eigenvalue weighted by molar-refractivity contribution is -0.0163. The van der Waals surface area contributed by atoms with E-state index in [1.165, 1.54) is 19.3 Å². The molecule has 4 heterocycles. The highest BCUT2D eigenvalue weighted by Gasteiger charge is 2.34. The third-order valence-corrected chi connectivity index (χ3v) is 6.01. The lowest BCUT2D eigenvalue weighted by atomic mass is 9.75. The zero-order chi connectivity index (χ0) is 18.5. The second kappa shape index (κ2) is 8.40. The Morgan fingerprint density at radius 1 is 1.15 bits per heavy atom. The summed E-state index contributed by atoms with van der Waals surface area (Å²) in [7, 11) is 2.07. The zero-order valence-electron chi connectivity index (χ0n) is 16.3. The van der Waals surface area contributed by atoms with E-state index in [4.69, 9.17) is 9.47 Å². The van der Waals surface area contributed by atoms with Crippen molar-refractivity contribution < 1.29 is 9.47 Å². The Kier molecular flexibility index (Phi) is 5.74. The first-order valence-corrected chi connectivity index (χ1v) is 10.1. The van der Waals surface area contributed by atoms with Gasteiger partial charge >= 0.3 is 0 Å². The van der Waals surface area contributed by atoms with E-state index >= 15 is 0 Å². The Balaban J connectivity index is 1.37. The SMILES string of the molecule is Cn1ccnc1CN1CCC2(CCCc3cccc(n3)OCCOC2)CC1. The summed E-state index contributed by atoms with van der Waals surface area (Å²) in [6, 6.07) is 6.07. The summed E-state index contributed by atoms with van der Waals surface area (Å²) in [6.07, 6.45) is 9.64. The van der Waals surface area contributed by atoms with Crippen molar-refractivity contribution in [1.29, 1.82) is 0 Å². The van der Waals surface area contributed by atoms with Gasteiger partial charge in [0.1, 0.15) is 12.4 Å². The van der Waals surface area contributed by atoms with E-state index in [1.807, 2.05) is 24.5 Å². The smallest absolute Gasteiger partial charge is 0.213 e. The van der Waals surface area contributed by atoms with E-state index < -0.39 is 0 Å². The monoisotopic (exact) mass is 370 g/mol. The summed E-state index contributed by atoms with van der Waals surface area (Å²) in [6.45, 7) is 5.20. The number of hydrogen-bond donors (Lipinski definition) is 0. The maximum Gasteiger partial charge on any atom is 0.213 e. The minimum Gasteiger partial charge on any atom is -0.475 e. The largest absolute Gasteiger partial charge is 0.475 e. The number of aryl methyl sites for hydroxylation is 2. The summed E-state index contributed by atoms with van der Waals surface area (Å²) in [4.78, 5) is 11.6. The van der Waals surface area contributed by atoms with Crippen molar-refractivity contribution in [3.63, 3.8) is 0 Å². The third kappa shape index (κ3) is 4.68. The first-order valence-electron chi connectivity index (χ1n) is 10.1. The van der Waals surface area contributed by atoms with Crippen molar-refractivity contribution in [3.8, 4) is 5.88 Å². The molecule has 0 N–H and O–H groups in total. The molecule has 6 nitrogen and oxygen atoms in total. The van der Waals surface area contributed by atoms with Crippen LogP contribution in [-0.2, 0) is 24.8 Å². The summed E-state index contributed by atoms with van der Waals surface area (Å²) in [5.41, 5.74) is 1.42. The second-order valence-corrected chi connectivity index (χ2v) is 7.95. The number of likely N-dealkylation sites (tertiary alicyclic amines) is 1. The molecule has 2 aromatic heterocycles. The summed E-state index contributed by atoms with van der Waals surface area (Å²) < 4.78 is 13.9. The van der Waals surface area contributed by atoms with E-state index in [1.54, 1.807) is 0 Å². The summed E-state index contributed by atoms with van der Waals surface area (Å²) in [5.74, 6) is 1.86. The molecule has 1 fully saturated rings. The molecule has 0 atom stereocenters. The van der Waals surface area contributed by atoms with Crippen molar-refractivity contribution in [2.45, 2.75) is 38.6 Å². The Labute approximate surface area is 161 Å². The molecule has 0 aliphatic carbocycles. The Morgan fingerprint density at radius 2 is 2.04 bits per heavy atom. The highest BCUT2D eigenvalue weighted by Crippen LogP contribution is 2.37. The number of rotatable bonds is 2. The van der Waals surface area contributed by atoms with Crippen LogP contribution in [0.15, 0.2) is 30.6 Å². The number of pyridine rings is 1. The predicted octanol–water partition coefficient (Wildman–Crippen LogP) is 2.83. The zero-order valence-corrected chi connectivity index (χ0v) is 16.3. The number of piperidine rings is 1. The molecule has 1 spiro atoms. The minimum atomic E-state index is 0.287. The summed E-state index contributed by atoms with van der Waals surface area (Å²) >= 11 is 0. The maximum atomic E-state index is 6.04. The number of fused-ring (bicyclic) bond motifs is 2. The maximum absolute atomic E-state index is 6.04. The molecule has 2 aromatic rings. The van der Waals surface area contributed by atoms with Crippen LogP contribution in [0.5, 0.6) is 5.88 Å². The molecule has 146 valence electrons. The van der Waals surface area contributed by atoms with Crippen LogP contribution < -0.4 is 4.74 Å². The van der Waals surface area contributed by atoms with Crippen LogP contribution in [0.3, 0.4) is 0 Å². The first-order chi connectivity index (χ1) is 13.2. The Bertz CT molecular complexity index is 737. The van der Waals surface area contributed by atoms with E-state index in [0.29, 0.717) is 19.1 Å². The van der Waals surface area contributed by atoms with Crippen molar-refractivity contribution in [2.24, 2.45) is 12.5 Å². The molecular weight excluding hydrogens is 340 g/mol. The average Bonchev–Trinajstić information content (AvgIpc) is 3.08. The molecule has 0 amide bonds. The van der Waals surface area contributed by atoms with Gasteiger partial charge in [-0.15, -0.1) is 0 Å². The quantitative estimate of drug-likeness (QED) is 0.814. The van der Waals surface area contributed by atoms with E-state index in [2.05, 4.69) is 32.5 Å². The van der Waals surface area contributed by atoms with Crippen LogP contribution in [0.25, 0.3) is 0 Å². The van der Waals surface area contributed by atoms with Gasteiger partial charge in [0.25, 0.3) is 0 Å². The molecule has 27 heavy (non-hydrogen) atoms. The fourth-order valence-corrected chi connectivity index (χ4v) is 4.22. The fraction of sp³-hybridized carbons (Fsp3) is 0.619. The first kappa shape index (κ1) is 18.4. The van der Waals surface area contributed by atoms with Crippen LogP contribution in [0, 0.1) is 5.41 Å². The van der Waals surface area contributed by atoms with Gasteiger partial charge in [0.15, 0.2) is 0 Å². The molecular formula is C21H30N4O2. The van der Waals surface area contributed by atoms with Gasteiger partial charge in [-0.3, -0.25) is 4.90 Å². The standard InChI is InChI=1S/C21H30N4O2/c1-24-13-10-22-19(24)16-25-11-8-21(9-12-25)7-3-5-18-4-2-6-20(23-18)27-15-14-26-17-21/h2,4,6,10,13H,3,5,7-9,11-12,14-17H2,1H3. The van der Waals surface area contributed by atoms with Crippen LogP contribution in [0.4, 0.5) is 0 Å². The van der Waals surface area contributed by atoms with Crippen molar-refractivity contribution in [1.82, 2.24) is 19.4 Å². The van der Waals surface area contributed by atoms with Gasteiger partial charge in [0.05, 0.1) is 19.8 Å². The molecule has 0 unspecified atom stereocenters. The van der Waals surface area contributed by atoms with E-state index in [-0.39, 0.29) is 5.41 Å². The molecule has 0 aromatic carbocycles. The molecule has 6 heteroatoms. The Hall–Kier alpha value is -1.92. The number of imidazole rings is 1. The highest BCUT2D eigenvalue weighted by atomic mass is 16.5. The van der Waals surface area contributed by atoms with E-state index in [0.717, 1.165) is 50.6 Å². The molecule has 0 radical (unpaired) electrons. The highest BCUT2D eigenvalue weighted by molar-refractivity contribution is 5.16. The number of ether oxygens (including phenoxy) is 2. The second-order valence-electron chi connectivity index (χ2n) is 7.95. The van der Waals surface area contributed by atoms with Crippen LogP contribution in [0.2, 0.25) is 0 Å². The molecule has 0 saturated carbocycles. The van der Waals surface area contributed by atoms with Crippen LogP contribution in [0.1, 0.15) is 37.2 Å². The van der Waals surface area contributed by atoms with Crippen LogP contribution >= 0.6 is 0 Å². The molecule has 2 aliphatic rings. The Morgan fingerprint density at radius 3 is 2.85 bits per heavy atom. The van der Waals surface area contributed by atoms with E-state index in [9.17, 15) is 0 Å². The summed E-state index contributed by atoms with van der Waals surface area (Å²) in [5, 5.41) is 0. The van der Waals surface area contributed by atoms with Crippen molar-refractivity contribution in [3.05, 3.63) is 42.1 Å². The topological polar surface area (TPSA) is 52.4 Å². The van der Waals surface area contributed by atoms with Crippen LogP contribution in [-0.4, -0.2) is 52.3 Å². The third-order valence-electron chi connectivity index (χ3n) is 6.01. The normalized spacial score (nSPS) is 21.2. The predicted molar refractivity (Wildman–Crippen MR) is 104 cm³/mol. The van der Waals surface area contributed by atoms with Crippen molar-refractivity contribution in [2.75, 3.05) is 32.9 Å². The fourth-order valence-electron chi connectivity index (χ4n) is 4.22. The molecule has 1 saturated heterocycles. The van der Waals surface area contributed by atoms with Gasteiger partial charge < -0.3 is 14.0 Å². The molecule has 2 aliphatic heterocycles. The molecule has 2 bridgehead atoms. The minimum absolute atomic E-state index is 0.287. The van der Waals surface area contributed by atoms with Gasteiger partial charge in [-0.25, -0.2) is 9.97 Å².